The van der Waals surface area contributed by atoms with Crippen LogP contribution in [0.4, 0.5) is 17.1 Å². The molecular formula is C16H10N4O3. The van der Waals surface area contributed by atoms with E-state index < -0.39 is 4.92 Å². The zero-order valence-electron chi connectivity index (χ0n) is 11.8. The summed E-state index contributed by atoms with van der Waals surface area (Å²) in [5, 5.41) is 23.9. The van der Waals surface area contributed by atoms with Gasteiger partial charge in [-0.15, -0.1) is 0 Å². The summed E-state index contributed by atoms with van der Waals surface area (Å²) < 4.78 is 4.59. The summed E-state index contributed by atoms with van der Waals surface area (Å²) >= 11 is 0. The maximum Gasteiger partial charge on any atom is 0.323 e. The normalized spacial score (nSPS) is 11.0. The molecule has 23 heavy (non-hydrogen) atoms. The molecule has 0 aliphatic carbocycles. The van der Waals surface area contributed by atoms with Gasteiger partial charge in [0.05, 0.1) is 4.92 Å². The third kappa shape index (κ3) is 2.24. The van der Waals surface area contributed by atoms with Crippen LogP contribution < -0.4 is 5.32 Å². The number of anilines is 2. The Hall–Kier alpha value is -3.48. The largest absolute Gasteiger partial charge is 0.350 e. The first-order chi connectivity index (χ1) is 11.2. The van der Waals surface area contributed by atoms with Gasteiger partial charge in [-0.2, -0.15) is 0 Å². The van der Waals surface area contributed by atoms with Gasteiger partial charge in [-0.1, -0.05) is 30.3 Å². The molecule has 112 valence electrons. The molecule has 0 saturated heterocycles. The number of benzene rings is 3. The maximum absolute atomic E-state index is 11.4. The molecule has 4 aromatic rings. The Morgan fingerprint density at radius 1 is 1.00 bits per heavy atom. The highest BCUT2D eigenvalue weighted by molar-refractivity contribution is 5.93. The van der Waals surface area contributed by atoms with Crippen molar-refractivity contribution >= 4 is 38.9 Å². The van der Waals surface area contributed by atoms with E-state index in [-0.39, 0.29) is 11.2 Å². The van der Waals surface area contributed by atoms with Gasteiger partial charge in [-0.25, -0.2) is 4.63 Å². The number of rotatable bonds is 3. The summed E-state index contributed by atoms with van der Waals surface area (Å²) in [7, 11) is 0. The molecule has 0 atom stereocenters. The van der Waals surface area contributed by atoms with E-state index in [9.17, 15) is 10.1 Å². The highest BCUT2D eigenvalue weighted by atomic mass is 16.6. The molecule has 7 heteroatoms. The van der Waals surface area contributed by atoms with E-state index >= 15 is 0 Å². The minimum absolute atomic E-state index is 0.126. The third-order valence-electron chi connectivity index (χ3n) is 3.61. The number of nitrogens with zero attached hydrogens (tertiary/aromatic N) is 3. The fourth-order valence-corrected chi connectivity index (χ4v) is 2.55. The number of nitro benzene ring substituents is 1. The lowest BCUT2D eigenvalue weighted by Crippen LogP contribution is -1.98. The summed E-state index contributed by atoms with van der Waals surface area (Å²) in [5.41, 5.74) is 1.41. The number of nitro groups is 1. The lowest BCUT2D eigenvalue weighted by Gasteiger charge is -2.08. The van der Waals surface area contributed by atoms with Crippen molar-refractivity contribution in [2.75, 3.05) is 5.32 Å². The highest BCUT2D eigenvalue weighted by Gasteiger charge is 2.22. The average molecular weight is 306 g/mol. The fraction of sp³-hybridized carbons (Fsp3) is 0. The molecule has 0 radical (unpaired) electrons. The molecule has 0 spiro atoms. The fourth-order valence-electron chi connectivity index (χ4n) is 2.55. The number of aromatic nitrogens is 2. The lowest BCUT2D eigenvalue weighted by molar-refractivity contribution is -0.382. The van der Waals surface area contributed by atoms with Crippen molar-refractivity contribution in [3.63, 3.8) is 0 Å². The molecule has 0 unspecified atom stereocenters. The molecule has 0 fully saturated rings. The van der Waals surface area contributed by atoms with Crippen molar-refractivity contribution in [2.24, 2.45) is 0 Å². The Balaban J connectivity index is 1.82. The first-order valence-corrected chi connectivity index (χ1v) is 6.88. The van der Waals surface area contributed by atoms with Crippen molar-refractivity contribution in [2.45, 2.75) is 0 Å². The molecule has 0 bridgehead atoms. The molecule has 7 nitrogen and oxygen atoms in total. The van der Waals surface area contributed by atoms with Crippen molar-refractivity contribution in [1.82, 2.24) is 10.3 Å². The van der Waals surface area contributed by atoms with Crippen LogP contribution in [0.15, 0.2) is 59.2 Å². The second-order valence-electron chi connectivity index (χ2n) is 5.04. The molecule has 0 aliphatic heterocycles. The van der Waals surface area contributed by atoms with E-state index in [1.165, 1.54) is 0 Å². The first-order valence-electron chi connectivity index (χ1n) is 6.88. The standard InChI is InChI=1S/C16H10N4O3/c21-20(22)16-14(8-7-13-15(16)19-23-18-13)17-12-6-5-10-3-1-2-4-11(10)9-12/h1-9,17H. The topological polar surface area (TPSA) is 94.1 Å². The van der Waals surface area contributed by atoms with Crippen LogP contribution in [-0.2, 0) is 0 Å². The van der Waals surface area contributed by atoms with E-state index in [1.54, 1.807) is 12.1 Å². The van der Waals surface area contributed by atoms with E-state index in [0.717, 1.165) is 16.5 Å². The zero-order valence-corrected chi connectivity index (χ0v) is 11.8. The first kappa shape index (κ1) is 13.2. The number of fused-ring (bicyclic) bond motifs is 2. The van der Waals surface area contributed by atoms with E-state index in [2.05, 4.69) is 20.3 Å². The molecule has 1 N–H and O–H groups in total. The second kappa shape index (κ2) is 5.06. The minimum Gasteiger partial charge on any atom is -0.350 e. The van der Waals surface area contributed by atoms with Gasteiger partial charge in [-0.05, 0) is 45.4 Å². The monoisotopic (exact) mass is 306 g/mol. The van der Waals surface area contributed by atoms with Crippen LogP contribution in [0.5, 0.6) is 0 Å². The smallest absolute Gasteiger partial charge is 0.323 e. The van der Waals surface area contributed by atoms with Crippen molar-refractivity contribution < 1.29 is 9.55 Å². The Labute approximate surface area is 129 Å². The van der Waals surface area contributed by atoms with Crippen LogP contribution in [0.2, 0.25) is 0 Å². The summed E-state index contributed by atoms with van der Waals surface area (Å²) in [4.78, 5) is 10.9. The summed E-state index contributed by atoms with van der Waals surface area (Å²) in [6.07, 6.45) is 0. The van der Waals surface area contributed by atoms with Gasteiger partial charge in [0.15, 0.2) is 0 Å². The second-order valence-corrected chi connectivity index (χ2v) is 5.04. The van der Waals surface area contributed by atoms with Gasteiger partial charge in [0.1, 0.15) is 11.2 Å². The molecule has 1 heterocycles. The summed E-state index contributed by atoms with van der Waals surface area (Å²) in [5.74, 6) is 0. The Bertz CT molecular complexity index is 1040. The van der Waals surface area contributed by atoms with Crippen LogP contribution in [0.3, 0.4) is 0 Å². The van der Waals surface area contributed by atoms with Crippen LogP contribution in [0, 0.1) is 10.1 Å². The number of hydrogen-bond donors (Lipinski definition) is 1. The average Bonchev–Trinajstić information content (AvgIpc) is 3.02. The molecule has 4 rings (SSSR count). The van der Waals surface area contributed by atoms with Gasteiger partial charge >= 0.3 is 5.69 Å². The van der Waals surface area contributed by atoms with Gasteiger partial charge in [0, 0.05) is 5.69 Å². The molecule has 1 aromatic heterocycles. The predicted octanol–water partition coefficient (Wildman–Crippen LogP) is 4.03. The molecule has 0 saturated carbocycles. The van der Waals surface area contributed by atoms with Crippen LogP contribution >= 0.6 is 0 Å². The van der Waals surface area contributed by atoms with Crippen molar-refractivity contribution in [1.29, 1.82) is 0 Å². The van der Waals surface area contributed by atoms with Crippen LogP contribution in [0.1, 0.15) is 0 Å². The Kier molecular flexibility index (Phi) is 2.90. The number of nitrogens with one attached hydrogen (secondary N) is 1. The van der Waals surface area contributed by atoms with Crippen LogP contribution in [-0.4, -0.2) is 15.2 Å². The van der Waals surface area contributed by atoms with Gasteiger partial charge in [0.2, 0.25) is 5.52 Å². The SMILES string of the molecule is O=[N+]([O-])c1c(Nc2ccc3ccccc3c2)ccc2nonc12. The molecule has 0 aliphatic rings. The number of hydrogen-bond acceptors (Lipinski definition) is 6. The van der Waals surface area contributed by atoms with Crippen molar-refractivity contribution in [3.8, 4) is 0 Å². The maximum atomic E-state index is 11.4. The van der Waals surface area contributed by atoms with E-state index in [1.807, 2.05) is 42.5 Å². The quantitative estimate of drug-likeness (QED) is 0.453. The predicted molar refractivity (Wildman–Crippen MR) is 85.7 cm³/mol. The third-order valence-corrected chi connectivity index (χ3v) is 3.61. The Morgan fingerprint density at radius 3 is 2.65 bits per heavy atom. The minimum atomic E-state index is -0.490. The van der Waals surface area contributed by atoms with Gasteiger partial charge in [0.25, 0.3) is 0 Å². The highest BCUT2D eigenvalue weighted by Crippen LogP contribution is 2.34. The van der Waals surface area contributed by atoms with Crippen molar-refractivity contribution in [3.05, 3.63) is 64.7 Å². The molecule has 3 aromatic carbocycles. The summed E-state index contributed by atoms with van der Waals surface area (Å²) in [6, 6.07) is 16.9. The van der Waals surface area contributed by atoms with Crippen LogP contribution in [0.25, 0.3) is 21.8 Å². The lowest BCUT2D eigenvalue weighted by atomic mass is 10.1. The Morgan fingerprint density at radius 2 is 1.83 bits per heavy atom. The van der Waals surface area contributed by atoms with Gasteiger partial charge in [-0.3, -0.25) is 10.1 Å². The zero-order chi connectivity index (χ0) is 15.8. The van der Waals surface area contributed by atoms with E-state index in [0.29, 0.717) is 11.2 Å². The van der Waals surface area contributed by atoms with Gasteiger partial charge < -0.3 is 5.32 Å². The summed E-state index contributed by atoms with van der Waals surface area (Å²) in [6.45, 7) is 0. The van der Waals surface area contributed by atoms with E-state index in [4.69, 9.17) is 0 Å². The molecule has 0 amide bonds. The molecular weight excluding hydrogens is 296 g/mol.